The van der Waals surface area contributed by atoms with Crippen LogP contribution in [0.15, 0.2) is 24.3 Å². The fourth-order valence-corrected chi connectivity index (χ4v) is 2.04. The molecule has 22 heavy (non-hydrogen) atoms. The van der Waals surface area contributed by atoms with Gasteiger partial charge in [0.2, 0.25) is 11.4 Å². The molecule has 0 aliphatic rings. The summed E-state index contributed by atoms with van der Waals surface area (Å²) in [4.78, 5) is 35.2. The summed E-state index contributed by atoms with van der Waals surface area (Å²) in [6, 6.07) is 6.81. The van der Waals surface area contributed by atoms with Crippen molar-refractivity contribution in [3.05, 3.63) is 35.4 Å². The molecule has 7 nitrogen and oxygen atoms in total. The van der Waals surface area contributed by atoms with E-state index in [-0.39, 0.29) is 13.0 Å². The standard InChI is InChI=1S/C15H20N2O5/c1-3-22-14(21)15(13(19)20,17-10(2)18)8-11-4-6-12(9-16)7-5-11/h4-7H,3,8-9,16H2,1-2H3,(H,17,18)(H,19,20). The van der Waals surface area contributed by atoms with E-state index < -0.39 is 23.4 Å². The Morgan fingerprint density at radius 3 is 2.18 bits per heavy atom. The summed E-state index contributed by atoms with van der Waals surface area (Å²) in [6.07, 6.45) is -0.217. The van der Waals surface area contributed by atoms with Crippen molar-refractivity contribution in [1.82, 2.24) is 5.32 Å². The van der Waals surface area contributed by atoms with E-state index in [1.165, 1.54) is 0 Å². The number of nitrogens with two attached hydrogens (primary N) is 1. The zero-order valence-electron chi connectivity index (χ0n) is 12.6. The highest BCUT2D eigenvalue weighted by Crippen LogP contribution is 2.18. The molecule has 0 radical (unpaired) electrons. The number of benzene rings is 1. The molecule has 0 aliphatic heterocycles. The number of carbonyl (C=O) groups excluding carboxylic acids is 2. The summed E-state index contributed by atoms with van der Waals surface area (Å²) < 4.78 is 4.83. The quantitative estimate of drug-likeness (QED) is 0.489. The van der Waals surface area contributed by atoms with Crippen molar-refractivity contribution in [2.45, 2.75) is 32.4 Å². The van der Waals surface area contributed by atoms with Gasteiger partial charge in [0.1, 0.15) is 0 Å². The second kappa shape index (κ2) is 7.56. The molecule has 1 amide bonds. The molecule has 120 valence electrons. The number of nitrogens with one attached hydrogen (secondary N) is 1. The van der Waals surface area contributed by atoms with Gasteiger partial charge < -0.3 is 20.9 Å². The van der Waals surface area contributed by atoms with Crippen LogP contribution in [0.25, 0.3) is 0 Å². The third kappa shape index (κ3) is 4.05. The summed E-state index contributed by atoms with van der Waals surface area (Å²) >= 11 is 0. The van der Waals surface area contributed by atoms with Gasteiger partial charge >= 0.3 is 11.9 Å². The zero-order valence-corrected chi connectivity index (χ0v) is 12.6. The average molecular weight is 308 g/mol. The number of carboxylic acids is 1. The van der Waals surface area contributed by atoms with Crippen LogP contribution < -0.4 is 11.1 Å². The number of carboxylic acid groups (broad SMARTS) is 1. The van der Waals surface area contributed by atoms with E-state index in [0.29, 0.717) is 12.1 Å². The molecule has 0 heterocycles. The third-order valence-electron chi connectivity index (χ3n) is 3.11. The van der Waals surface area contributed by atoms with Gasteiger partial charge in [-0.3, -0.25) is 4.79 Å². The van der Waals surface area contributed by atoms with E-state index in [9.17, 15) is 19.5 Å². The maximum Gasteiger partial charge on any atom is 0.344 e. The first kappa shape index (κ1) is 17.6. The molecule has 7 heteroatoms. The molecule has 1 rings (SSSR count). The molecule has 0 spiro atoms. The molecular weight excluding hydrogens is 288 g/mol. The van der Waals surface area contributed by atoms with E-state index >= 15 is 0 Å². The zero-order chi connectivity index (χ0) is 16.8. The summed E-state index contributed by atoms with van der Waals surface area (Å²) in [7, 11) is 0. The van der Waals surface area contributed by atoms with Crippen molar-refractivity contribution in [3.8, 4) is 0 Å². The largest absolute Gasteiger partial charge is 0.479 e. The molecule has 0 saturated carbocycles. The van der Waals surface area contributed by atoms with Crippen LogP contribution in [-0.2, 0) is 32.1 Å². The third-order valence-corrected chi connectivity index (χ3v) is 3.11. The van der Waals surface area contributed by atoms with Gasteiger partial charge in [-0.25, -0.2) is 9.59 Å². The number of carbonyl (C=O) groups is 3. The number of ether oxygens (including phenoxy) is 1. The van der Waals surface area contributed by atoms with Crippen LogP contribution in [0.2, 0.25) is 0 Å². The Hall–Kier alpha value is -2.41. The minimum atomic E-state index is -2.15. The second-order valence-corrected chi connectivity index (χ2v) is 4.81. The molecule has 1 aromatic carbocycles. The molecule has 1 aromatic rings. The van der Waals surface area contributed by atoms with Crippen LogP contribution in [0.4, 0.5) is 0 Å². The van der Waals surface area contributed by atoms with Crippen molar-refractivity contribution in [1.29, 1.82) is 0 Å². The number of rotatable bonds is 7. The van der Waals surface area contributed by atoms with Gasteiger partial charge in [-0.05, 0) is 18.1 Å². The second-order valence-electron chi connectivity index (χ2n) is 4.81. The van der Waals surface area contributed by atoms with E-state index in [1.54, 1.807) is 31.2 Å². The van der Waals surface area contributed by atoms with Crippen LogP contribution >= 0.6 is 0 Å². The van der Waals surface area contributed by atoms with Gasteiger partial charge in [-0.2, -0.15) is 0 Å². The molecule has 4 N–H and O–H groups in total. The Labute approximate surface area is 128 Å². The normalized spacial score (nSPS) is 13.0. The highest BCUT2D eigenvalue weighted by Gasteiger charge is 2.48. The summed E-state index contributed by atoms with van der Waals surface area (Å²) in [5.41, 5.74) is 4.80. The lowest BCUT2D eigenvalue weighted by Gasteiger charge is -2.27. The van der Waals surface area contributed by atoms with Crippen LogP contribution in [0.5, 0.6) is 0 Å². The van der Waals surface area contributed by atoms with E-state index in [1.807, 2.05) is 0 Å². The topological polar surface area (TPSA) is 119 Å². The molecule has 0 aromatic heterocycles. The first-order valence-electron chi connectivity index (χ1n) is 6.83. The van der Waals surface area contributed by atoms with Gasteiger partial charge in [-0.15, -0.1) is 0 Å². The van der Waals surface area contributed by atoms with Crippen LogP contribution in [-0.4, -0.2) is 35.1 Å². The van der Waals surface area contributed by atoms with E-state index in [4.69, 9.17) is 10.5 Å². The first-order valence-corrected chi connectivity index (χ1v) is 6.83. The van der Waals surface area contributed by atoms with Gasteiger partial charge in [0.15, 0.2) is 0 Å². The fourth-order valence-electron chi connectivity index (χ4n) is 2.04. The summed E-state index contributed by atoms with van der Waals surface area (Å²) in [5, 5.41) is 11.7. The average Bonchev–Trinajstić information content (AvgIpc) is 2.46. The predicted molar refractivity (Wildman–Crippen MR) is 78.9 cm³/mol. The molecule has 1 unspecified atom stereocenters. The van der Waals surface area contributed by atoms with Crippen molar-refractivity contribution >= 4 is 17.8 Å². The van der Waals surface area contributed by atoms with Gasteiger partial charge in [0, 0.05) is 19.9 Å². The maximum atomic E-state index is 12.1. The summed E-state index contributed by atoms with van der Waals surface area (Å²) in [6.45, 7) is 3.08. The number of hydrogen-bond acceptors (Lipinski definition) is 5. The lowest BCUT2D eigenvalue weighted by Crippen LogP contribution is -2.61. The highest BCUT2D eigenvalue weighted by molar-refractivity contribution is 6.07. The SMILES string of the molecule is CCOC(=O)C(Cc1ccc(CN)cc1)(NC(C)=O)C(=O)O. The minimum absolute atomic E-state index is 0.0135. The van der Waals surface area contributed by atoms with Crippen LogP contribution in [0.3, 0.4) is 0 Å². The Morgan fingerprint density at radius 2 is 1.77 bits per heavy atom. The Bertz CT molecular complexity index is 556. The molecular formula is C15H20N2O5. The summed E-state index contributed by atoms with van der Waals surface area (Å²) in [5.74, 6) is -3.10. The first-order chi connectivity index (χ1) is 10.4. The minimum Gasteiger partial charge on any atom is -0.479 e. The van der Waals surface area contributed by atoms with Gasteiger partial charge in [0.05, 0.1) is 6.61 Å². The molecule has 0 aliphatic carbocycles. The lowest BCUT2D eigenvalue weighted by atomic mass is 9.90. The van der Waals surface area contributed by atoms with Crippen LogP contribution in [0.1, 0.15) is 25.0 Å². The van der Waals surface area contributed by atoms with Crippen molar-refractivity contribution in [2.75, 3.05) is 6.61 Å². The lowest BCUT2D eigenvalue weighted by molar-refractivity contribution is -0.164. The van der Waals surface area contributed by atoms with Crippen molar-refractivity contribution in [2.24, 2.45) is 5.73 Å². The van der Waals surface area contributed by atoms with Crippen molar-refractivity contribution in [3.63, 3.8) is 0 Å². The molecule has 0 fully saturated rings. The monoisotopic (exact) mass is 308 g/mol. The smallest absolute Gasteiger partial charge is 0.344 e. The molecule has 0 bridgehead atoms. The fraction of sp³-hybridized carbons (Fsp3) is 0.400. The molecule has 1 atom stereocenters. The predicted octanol–water partition coefficient (Wildman–Crippen LogP) is 0.210. The van der Waals surface area contributed by atoms with E-state index in [2.05, 4.69) is 5.32 Å². The van der Waals surface area contributed by atoms with Gasteiger partial charge in [-0.1, -0.05) is 24.3 Å². The number of amides is 1. The Morgan fingerprint density at radius 1 is 1.23 bits per heavy atom. The molecule has 0 saturated heterocycles. The van der Waals surface area contributed by atoms with Crippen LogP contribution in [0, 0.1) is 0 Å². The van der Waals surface area contributed by atoms with Gasteiger partial charge in [0.25, 0.3) is 0 Å². The Balaban J connectivity index is 3.18. The Kier molecular flexibility index (Phi) is 6.06. The maximum absolute atomic E-state index is 12.1. The van der Waals surface area contributed by atoms with E-state index in [0.717, 1.165) is 12.5 Å². The number of esters is 1. The number of hydrogen-bond donors (Lipinski definition) is 3. The number of aliphatic carboxylic acids is 1. The van der Waals surface area contributed by atoms with Crippen molar-refractivity contribution < 1.29 is 24.2 Å². The highest BCUT2D eigenvalue weighted by atomic mass is 16.5.